The largest absolute Gasteiger partial charge is 0.480 e. The Morgan fingerprint density at radius 2 is 1.89 bits per heavy atom. The van der Waals surface area contributed by atoms with Crippen molar-refractivity contribution in [3.05, 3.63) is 0 Å². The van der Waals surface area contributed by atoms with Gasteiger partial charge in [-0.25, -0.2) is 8.42 Å². The standard InChI is InChI=1S/C11H20N2O5S/c14-10-8-19(17,18)7-9(10)13-3-1-2-12(4-5-13)6-11(15)16/h9-10,14H,1-8H2,(H,15,16). The summed E-state index contributed by atoms with van der Waals surface area (Å²) in [4.78, 5) is 14.5. The van der Waals surface area contributed by atoms with Crippen molar-refractivity contribution in [3.8, 4) is 0 Å². The maximum Gasteiger partial charge on any atom is 0.317 e. The molecular formula is C11H20N2O5S. The van der Waals surface area contributed by atoms with Crippen LogP contribution in [0.4, 0.5) is 0 Å². The van der Waals surface area contributed by atoms with Crippen molar-refractivity contribution in [3.63, 3.8) is 0 Å². The SMILES string of the molecule is O=C(O)CN1CCCN(C2CS(=O)(=O)CC2O)CC1. The van der Waals surface area contributed by atoms with Crippen LogP contribution in [-0.4, -0.2) is 90.8 Å². The summed E-state index contributed by atoms with van der Waals surface area (Å²) in [5.41, 5.74) is 0. The number of rotatable bonds is 3. The Hall–Kier alpha value is -0.700. The predicted octanol–water partition coefficient (Wildman–Crippen LogP) is -1.76. The van der Waals surface area contributed by atoms with Crippen LogP contribution in [-0.2, 0) is 14.6 Å². The van der Waals surface area contributed by atoms with E-state index in [0.717, 1.165) is 6.42 Å². The molecule has 19 heavy (non-hydrogen) atoms. The minimum Gasteiger partial charge on any atom is -0.480 e. The molecule has 0 saturated carbocycles. The van der Waals surface area contributed by atoms with E-state index in [9.17, 15) is 18.3 Å². The van der Waals surface area contributed by atoms with Gasteiger partial charge in [0.1, 0.15) is 0 Å². The molecule has 2 heterocycles. The van der Waals surface area contributed by atoms with Crippen molar-refractivity contribution < 1.29 is 23.4 Å². The van der Waals surface area contributed by atoms with E-state index >= 15 is 0 Å². The van der Waals surface area contributed by atoms with Crippen LogP contribution in [0, 0.1) is 0 Å². The van der Waals surface area contributed by atoms with Gasteiger partial charge in [0, 0.05) is 19.6 Å². The van der Waals surface area contributed by atoms with E-state index < -0.39 is 21.9 Å². The van der Waals surface area contributed by atoms with Crippen molar-refractivity contribution in [1.82, 2.24) is 9.80 Å². The van der Waals surface area contributed by atoms with Crippen LogP contribution in [0.2, 0.25) is 0 Å². The minimum absolute atomic E-state index is 0.00704. The van der Waals surface area contributed by atoms with Crippen molar-refractivity contribution in [1.29, 1.82) is 0 Å². The Bertz CT molecular complexity index is 438. The number of carboxylic acid groups (broad SMARTS) is 1. The third kappa shape index (κ3) is 3.88. The molecule has 0 amide bonds. The van der Waals surface area contributed by atoms with E-state index in [4.69, 9.17) is 5.11 Å². The van der Waals surface area contributed by atoms with Crippen molar-refractivity contribution in [2.24, 2.45) is 0 Å². The van der Waals surface area contributed by atoms with Gasteiger partial charge in [0.15, 0.2) is 9.84 Å². The highest BCUT2D eigenvalue weighted by Gasteiger charge is 2.40. The summed E-state index contributed by atoms with van der Waals surface area (Å²) in [6.07, 6.45) is -0.0349. The van der Waals surface area contributed by atoms with Gasteiger partial charge in [0.05, 0.1) is 30.2 Å². The van der Waals surface area contributed by atoms with Crippen LogP contribution in [0.3, 0.4) is 0 Å². The first-order valence-electron chi connectivity index (χ1n) is 6.44. The Kier molecular flexibility index (Phi) is 4.44. The molecule has 2 aliphatic rings. The second-order valence-electron chi connectivity index (χ2n) is 5.27. The molecule has 8 heteroatoms. The van der Waals surface area contributed by atoms with Crippen LogP contribution in [0.25, 0.3) is 0 Å². The lowest BCUT2D eigenvalue weighted by Crippen LogP contribution is -2.45. The molecule has 7 nitrogen and oxygen atoms in total. The van der Waals surface area contributed by atoms with Crippen molar-refractivity contribution >= 4 is 15.8 Å². The first-order chi connectivity index (χ1) is 8.87. The highest BCUT2D eigenvalue weighted by molar-refractivity contribution is 7.91. The van der Waals surface area contributed by atoms with Gasteiger partial charge in [0.25, 0.3) is 0 Å². The molecule has 0 aromatic heterocycles. The van der Waals surface area contributed by atoms with Crippen molar-refractivity contribution in [2.45, 2.75) is 18.6 Å². The zero-order valence-electron chi connectivity index (χ0n) is 10.7. The van der Waals surface area contributed by atoms with E-state index in [1.807, 2.05) is 9.80 Å². The third-order valence-corrected chi connectivity index (χ3v) is 5.44. The second-order valence-corrected chi connectivity index (χ2v) is 7.42. The fraction of sp³-hybridized carbons (Fsp3) is 0.909. The first-order valence-corrected chi connectivity index (χ1v) is 8.26. The minimum atomic E-state index is -3.14. The second kappa shape index (κ2) is 5.74. The molecule has 0 aliphatic carbocycles. The third-order valence-electron chi connectivity index (χ3n) is 3.74. The summed E-state index contributed by atoms with van der Waals surface area (Å²) in [7, 11) is -3.14. The highest BCUT2D eigenvalue weighted by atomic mass is 32.2. The summed E-state index contributed by atoms with van der Waals surface area (Å²) in [5.74, 6) is -1.00. The number of hydrogen-bond donors (Lipinski definition) is 2. The fourth-order valence-electron chi connectivity index (χ4n) is 2.83. The Balaban J connectivity index is 1.94. The molecule has 2 rings (SSSR count). The van der Waals surface area contributed by atoms with E-state index in [1.54, 1.807) is 0 Å². The highest BCUT2D eigenvalue weighted by Crippen LogP contribution is 2.20. The van der Waals surface area contributed by atoms with Gasteiger partial charge in [-0.1, -0.05) is 0 Å². The lowest BCUT2D eigenvalue weighted by Gasteiger charge is -2.28. The molecule has 2 unspecified atom stereocenters. The van der Waals surface area contributed by atoms with Gasteiger partial charge >= 0.3 is 5.97 Å². The maximum atomic E-state index is 11.5. The zero-order chi connectivity index (χ0) is 14.0. The Morgan fingerprint density at radius 3 is 2.47 bits per heavy atom. The first kappa shape index (κ1) is 14.7. The molecular weight excluding hydrogens is 272 g/mol. The lowest BCUT2D eigenvalue weighted by atomic mass is 10.2. The van der Waals surface area contributed by atoms with Gasteiger partial charge in [-0.3, -0.25) is 14.6 Å². The molecule has 2 fully saturated rings. The van der Waals surface area contributed by atoms with Crippen LogP contribution >= 0.6 is 0 Å². The monoisotopic (exact) mass is 292 g/mol. The van der Waals surface area contributed by atoms with Crippen LogP contribution < -0.4 is 0 Å². The summed E-state index contributed by atoms with van der Waals surface area (Å²) in [5, 5.41) is 18.6. The van der Waals surface area contributed by atoms with E-state index in [-0.39, 0.29) is 24.1 Å². The topological polar surface area (TPSA) is 98.2 Å². The molecule has 2 N–H and O–H groups in total. The van der Waals surface area contributed by atoms with E-state index in [0.29, 0.717) is 26.2 Å². The van der Waals surface area contributed by atoms with Gasteiger partial charge in [-0.05, 0) is 13.0 Å². The number of aliphatic hydroxyl groups excluding tert-OH is 1. The van der Waals surface area contributed by atoms with Gasteiger partial charge in [-0.15, -0.1) is 0 Å². The normalized spacial score (nSPS) is 33.1. The van der Waals surface area contributed by atoms with E-state index in [1.165, 1.54) is 0 Å². The zero-order valence-corrected chi connectivity index (χ0v) is 11.5. The van der Waals surface area contributed by atoms with E-state index in [2.05, 4.69) is 0 Å². The Morgan fingerprint density at radius 1 is 1.16 bits per heavy atom. The maximum absolute atomic E-state index is 11.5. The molecule has 2 atom stereocenters. The number of nitrogens with zero attached hydrogens (tertiary/aromatic N) is 2. The van der Waals surface area contributed by atoms with Gasteiger partial charge < -0.3 is 10.2 Å². The van der Waals surface area contributed by atoms with Crippen LogP contribution in [0.5, 0.6) is 0 Å². The molecule has 0 spiro atoms. The molecule has 2 saturated heterocycles. The molecule has 110 valence electrons. The summed E-state index contributed by atoms with van der Waals surface area (Å²) in [6, 6.07) is -0.338. The number of sulfone groups is 1. The Labute approximate surface area is 112 Å². The summed E-state index contributed by atoms with van der Waals surface area (Å²) in [6.45, 7) is 2.60. The molecule has 0 aromatic rings. The number of hydrogen-bond acceptors (Lipinski definition) is 6. The van der Waals surface area contributed by atoms with Crippen molar-refractivity contribution in [2.75, 3.05) is 44.2 Å². The number of aliphatic carboxylic acids is 1. The summed E-state index contributed by atoms with van der Waals surface area (Å²) >= 11 is 0. The molecule has 0 radical (unpaired) electrons. The molecule has 2 aliphatic heterocycles. The number of carboxylic acids is 1. The lowest BCUT2D eigenvalue weighted by molar-refractivity contribution is -0.138. The van der Waals surface area contributed by atoms with Crippen LogP contribution in [0.1, 0.15) is 6.42 Å². The predicted molar refractivity (Wildman–Crippen MR) is 68.7 cm³/mol. The van der Waals surface area contributed by atoms with Crippen LogP contribution in [0.15, 0.2) is 0 Å². The number of aliphatic hydroxyl groups is 1. The smallest absolute Gasteiger partial charge is 0.317 e. The number of carbonyl (C=O) groups is 1. The quantitative estimate of drug-likeness (QED) is 0.635. The molecule has 0 aromatic carbocycles. The fourth-order valence-corrected chi connectivity index (χ4v) is 4.66. The summed E-state index contributed by atoms with van der Waals surface area (Å²) < 4.78 is 23.0. The van der Waals surface area contributed by atoms with Gasteiger partial charge in [-0.2, -0.15) is 0 Å². The average molecular weight is 292 g/mol. The van der Waals surface area contributed by atoms with Gasteiger partial charge in [0.2, 0.25) is 0 Å². The average Bonchev–Trinajstić information content (AvgIpc) is 2.48. The molecule has 0 bridgehead atoms.